The molecule has 1 amide bonds. The Kier molecular flexibility index (Phi) is 10.7. The zero-order valence-corrected chi connectivity index (χ0v) is 22.9. The first-order valence-corrected chi connectivity index (χ1v) is 14.1. The molecule has 0 spiro atoms. The van der Waals surface area contributed by atoms with Gasteiger partial charge in [0, 0.05) is 49.5 Å². The predicted octanol–water partition coefficient (Wildman–Crippen LogP) is 4.90. The fraction of sp³-hybridized carbons (Fsp3) is 0.500. The summed E-state index contributed by atoms with van der Waals surface area (Å²) in [7, 11) is 0. The van der Waals surface area contributed by atoms with Crippen molar-refractivity contribution in [1.82, 2.24) is 35.1 Å². The molecule has 0 aliphatic heterocycles. The maximum Gasteiger partial charge on any atom is 0.247 e. The van der Waals surface area contributed by atoms with Crippen LogP contribution in [0.3, 0.4) is 0 Å². The number of benzene rings is 1. The molecule has 0 bridgehead atoms. The Morgan fingerprint density at radius 1 is 0.947 bits per heavy atom. The van der Waals surface area contributed by atoms with E-state index in [4.69, 9.17) is 0 Å². The molecule has 204 valence electrons. The van der Waals surface area contributed by atoms with Gasteiger partial charge in [0.25, 0.3) is 0 Å². The molecule has 38 heavy (non-hydrogen) atoms. The summed E-state index contributed by atoms with van der Waals surface area (Å²) in [5.41, 5.74) is 2.27. The molecule has 8 nitrogen and oxygen atoms in total. The molecule has 2 heterocycles. The second-order valence-electron chi connectivity index (χ2n) is 10.3. The summed E-state index contributed by atoms with van der Waals surface area (Å²) in [6.07, 6.45) is 18.0. The molecule has 1 aliphatic rings. The van der Waals surface area contributed by atoms with Gasteiger partial charge in [0.1, 0.15) is 11.6 Å². The number of nitrogens with one attached hydrogen (secondary N) is 3. The standard InChI is InChI=1S/C30H43N7O/c1-3-19-36(20-4-2)27-12-10-26(11-13-27)35-21-25-7-5-24(6-8-25)9-14-30(38)37(22-28-31-15-16-32-28)23-29-33-17-18-34-29/h5-9,14-18,26-27,35H,3-4,10-13,19-23H2,1-2H3,(H,31,32)(H,33,34)/b14-9+. The maximum absolute atomic E-state index is 13.0. The van der Waals surface area contributed by atoms with Gasteiger partial charge in [-0.1, -0.05) is 38.1 Å². The zero-order valence-electron chi connectivity index (χ0n) is 22.9. The zero-order chi connectivity index (χ0) is 26.6. The van der Waals surface area contributed by atoms with E-state index >= 15 is 0 Å². The summed E-state index contributed by atoms with van der Waals surface area (Å²) in [6.45, 7) is 8.69. The van der Waals surface area contributed by atoms with Crippen LogP contribution in [0.5, 0.6) is 0 Å². The van der Waals surface area contributed by atoms with E-state index in [-0.39, 0.29) is 5.91 Å². The summed E-state index contributed by atoms with van der Waals surface area (Å²) < 4.78 is 0. The minimum atomic E-state index is -0.0874. The molecule has 1 aliphatic carbocycles. The highest BCUT2D eigenvalue weighted by molar-refractivity contribution is 5.91. The molecule has 0 unspecified atom stereocenters. The number of aromatic amines is 2. The van der Waals surface area contributed by atoms with Crippen molar-refractivity contribution >= 4 is 12.0 Å². The van der Waals surface area contributed by atoms with E-state index in [9.17, 15) is 4.79 Å². The molecule has 3 aromatic rings. The first-order valence-electron chi connectivity index (χ1n) is 14.1. The summed E-state index contributed by atoms with van der Waals surface area (Å²) in [5.74, 6) is 1.39. The molecular weight excluding hydrogens is 474 g/mol. The number of amides is 1. The lowest BCUT2D eigenvalue weighted by molar-refractivity contribution is -0.127. The van der Waals surface area contributed by atoms with Crippen LogP contribution in [0.4, 0.5) is 0 Å². The molecule has 2 aromatic heterocycles. The highest BCUT2D eigenvalue weighted by Crippen LogP contribution is 2.24. The highest BCUT2D eigenvalue weighted by atomic mass is 16.2. The smallest absolute Gasteiger partial charge is 0.247 e. The van der Waals surface area contributed by atoms with E-state index in [1.165, 1.54) is 57.2 Å². The van der Waals surface area contributed by atoms with Crippen LogP contribution in [-0.2, 0) is 24.4 Å². The number of carbonyl (C=O) groups is 1. The Bertz CT molecular complexity index is 1040. The van der Waals surface area contributed by atoms with E-state index < -0.39 is 0 Å². The summed E-state index contributed by atoms with van der Waals surface area (Å²) >= 11 is 0. The van der Waals surface area contributed by atoms with Gasteiger partial charge >= 0.3 is 0 Å². The molecule has 1 aromatic carbocycles. The van der Waals surface area contributed by atoms with Gasteiger partial charge in [0.05, 0.1) is 13.1 Å². The lowest BCUT2D eigenvalue weighted by Crippen LogP contribution is -2.43. The normalized spacial score (nSPS) is 17.9. The van der Waals surface area contributed by atoms with Crippen LogP contribution < -0.4 is 5.32 Å². The lowest BCUT2D eigenvalue weighted by atomic mass is 9.89. The maximum atomic E-state index is 13.0. The van der Waals surface area contributed by atoms with Crippen molar-refractivity contribution in [3.05, 3.63) is 77.9 Å². The minimum Gasteiger partial charge on any atom is -0.347 e. The van der Waals surface area contributed by atoms with Gasteiger partial charge in [0.2, 0.25) is 5.91 Å². The van der Waals surface area contributed by atoms with Crippen molar-refractivity contribution in [2.24, 2.45) is 0 Å². The van der Waals surface area contributed by atoms with Crippen molar-refractivity contribution in [3.63, 3.8) is 0 Å². The Labute approximate surface area is 227 Å². The average Bonchev–Trinajstić information content (AvgIpc) is 3.66. The van der Waals surface area contributed by atoms with Crippen LogP contribution in [0, 0.1) is 0 Å². The Morgan fingerprint density at radius 2 is 1.55 bits per heavy atom. The molecule has 1 fully saturated rings. The monoisotopic (exact) mass is 517 g/mol. The van der Waals surface area contributed by atoms with Gasteiger partial charge < -0.3 is 25.1 Å². The molecular formula is C30H43N7O. The van der Waals surface area contributed by atoms with Crippen LogP contribution in [0.2, 0.25) is 0 Å². The average molecular weight is 518 g/mol. The quantitative estimate of drug-likeness (QED) is 0.265. The second-order valence-corrected chi connectivity index (χ2v) is 10.3. The number of nitrogens with zero attached hydrogens (tertiary/aromatic N) is 4. The third-order valence-electron chi connectivity index (χ3n) is 7.33. The van der Waals surface area contributed by atoms with Crippen LogP contribution >= 0.6 is 0 Å². The van der Waals surface area contributed by atoms with Gasteiger partial charge in [0.15, 0.2) is 0 Å². The topological polar surface area (TPSA) is 92.9 Å². The summed E-state index contributed by atoms with van der Waals surface area (Å²) in [5, 5.41) is 3.77. The SMILES string of the molecule is CCCN(CCC)C1CCC(NCc2ccc(/C=C/C(=O)N(Cc3ncc[nH]3)Cc3ncc[nH]3)cc2)CC1. The molecule has 0 saturated heterocycles. The number of hydrogen-bond acceptors (Lipinski definition) is 5. The molecule has 0 radical (unpaired) electrons. The highest BCUT2D eigenvalue weighted by Gasteiger charge is 2.24. The van der Waals surface area contributed by atoms with E-state index in [0.717, 1.165) is 29.8 Å². The van der Waals surface area contributed by atoms with Crippen molar-refractivity contribution < 1.29 is 4.79 Å². The number of imidazole rings is 2. The Hall–Kier alpha value is -3.23. The van der Waals surface area contributed by atoms with Crippen LogP contribution in [0.25, 0.3) is 6.08 Å². The van der Waals surface area contributed by atoms with E-state index in [0.29, 0.717) is 19.1 Å². The molecule has 1 saturated carbocycles. The van der Waals surface area contributed by atoms with Crippen LogP contribution in [0.1, 0.15) is 75.1 Å². The molecule has 8 heteroatoms. The molecule has 4 rings (SSSR count). The molecule has 3 N–H and O–H groups in total. The molecule has 0 atom stereocenters. The second kappa shape index (κ2) is 14.6. The summed E-state index contributed by atoms with van der Waals surface area (Å²) in [6, 6.07) is 9.81. The first kappa shape index (κ1) is 27.8. The Morgan fingerprint density at radius 3 is 2.08 bits per heavy atom. The van der Waals surface area contributed by atoms with Crippen molar-refractivity contribution in [1.29, 1.82) is 0 Å². The lowest BCUT2D eigenvalue weighted by Gasteiger charge is -2.37. The van der Waals surface area contributed by atoms with Crippen molar-refractivity contribution in [2.45, 2.75) is 84.1 Å². The largest absolute Gasteiger partial charge is 0.347 e. The van der Waals surface area contributed by atoms with Gasteiger partial charge in [-0.25, -0.2) is 9.97 Å². The fourth-order valence-corrected chi connectivity index (χ4v) is 5.32. The minimum absolute atomic E-state index is 0.0874. The van der Waals surface area contributed by atoms with Crippen LogP contribution in [-0.4, -0.2) is 60.8 Å². The number of carbonyl (C=O) groups excluding carboxylic acids is 1. The number of hydrogen-bond donors (Lipinski definition) is 3. The number of rotatable bonds is 14. The van der Waals surface area contributed by atoms with E-state index in [1.807, 2.05) is 6.08 Å². The fourth-order valence-electron chi connectivity index (χ4n) is 5.32. The van der Waals surface area contributed by atoms with Crippen molar-refractivity contribution in [2.75, 3.05) is 13.1 Å². The van der Waals surface area contributed by atoms with Gasteiger partial charge in [-0.2, -0.15) is 0 Å². The van der Waals surface area contributed by atoms with E-state index in [2.05, 4.69) is 68.3 Å². The number of aromatic nitrogens is 4. The predicted molar refractivity (Wildman–Crippen MR) is 152 cm³/mol. The van der Waals surface area contributed by atoms with Gasteiger partial charge in [-0.15, -0.1) is 0 Å². The van der Waals surface area contributed by atoms with Crippen LogP contribution in [0.15, 0.2) is 55.1 Å². The first-order chi connectivity index (χ1) is 18.6. The third-order valence-corrected chi connectivity index (χ3v) is 7.33. The summed E-state index contributed by atoms with van der Waals surface area (Å²) in [4.78, 5) is 32.1. The van der Waals surface area contributed by atoms with Gasteiger partial charge in [-0.3, -0.25) is 4.79 Å². The van der Waals surface area contributed by atoms with E-state index in [1.54, 1.807) is 35.8 Å². The Balaban J connectivity index is 1.25. The van der Waals surface area contributed by atoms with Crippen molar-refractivity contribution in [3.8, 4) is 0 Å². The third kappa shape index (κ3) is 8.39. The number of H-pyrrole nitrogens is 2. The van der Waals surface area contributed by atoms with Gasteiger partial charge in [-0.05, 0) is 68.8 Å².